The van der Waals surface area contributed by atoms with E-state index in [1.807, 2.05) is 11.0 Å². The first kappa shape index (κ1) is 14.9. The van der Waals surface area contributed by atoms with Crippen LogP contribution in [-0.4, -0.2) is 29.3 Å². The molecule has 1 saturated carbocycles. The van der Waals surface area contributed by atoms with Crippen LogP contribution in [0.4, 0.5) is 0 Å². The number of halogens is 1. The van der Waals surface area contributed by atoms with E-state index in [1.54, 1.807) is 11.3 Å². The van der Waals surface area contributed by atoms with Crippen LogP contribution in [-0.2, 0) is 0 Å². The van der Waals surface area contributed by atoms with Gasteiger partial charge in [0.1, 0.15) is 0 Å². The van der Waals surface area contributed by atoms with Crippen LogP contribution in [0, 0.1) is 13.8 Å². The smallest absolute Gasteiger partial charge is 0.264 e. The summed E-state index contributed by atoms with van der Waals surface area (Å²) in [7, 11) is 0. The number of hydrogen-bond donors (Lipinski definition) is 0. The van der Waals surface area contributed by atoms with Gasteiger partial charge in [0.25, 0.3) is 5.91 Å². The first-order valence-electron chi connectivity index (χ1n) is 7.07. The molecule has 1 aliphatic rings. The monoisotopic (exact) mass is 299 g/mol. The zero-order valence-corrected chi connectivity index (χ0v) is 13.3. The number of amides is 1. The molecule has 1 aromatic rings. The molecule has 0 radical (unpaired) electrons. The minimum atomic E-state index is 0.175. The van der Waals surface area contributed by atoms with Crippen molar-refractivity contribution in [3.05, 3.63) is 21.4 Å². The maximum Gasteiger partial charge on any atom is 0.264 e. The summed E-state index contributed by atoms with van der Waals surface area (Å²) in [6.07, 6.45) is 6.03. The van der Waals surface area contributed by atoms with Crippen molar-refractivity contribution in [2.24, 2.45) is 0 Å². The van der Waals surface area contributed by atoms with E-state index in [9.17, 15) is 4.79 Å². The summed E-state index contributed by atoms with van der Waals surface area (Å²) in [5.41, 5.74) is 1.21. The van der Waals surface area contributed by atoms with E-state index in [0.717, 1.165) is 17.7 Å². The molecule has 2 nitrogen and oxygen atoms in total. The van der Waals surface area contributed by atoms with E-state index in [-0.39, 0.29) is 5.91 Å². The third-order valence-corrected chi connectivity index (χ3v) is 5.29. The number of thiophene rings is 1. The highest BCUT2D eigenvalue weighted by Gasteiger charge is 2.26. The summed E-state index contributed by atoms with van der Waals surface area (Å²) in [5.74, 6) is 0.694. The Kier molecular flexibility index (Phi) is 5.28. The number of alkyl halides is 1. The molecule has 4 heteroatoms. The van der Waals surface area contributed by atoms with Gasteiger partial charge in [0.05, 0.1) is 4.88 Å². The fourth-order valence-electron chi connectivity index (χ4n) is 2.75. The van der Waals surface area contributed by atoms with Gasteiger partial charge < -0.3 is 4.90 Å². The molecule has 0 spiro atoms. The van der Waals surface area contributed by atoms with Gasteiger partial charge in [0.2, 0.25) is 0 Å². The van der Waals surface area contributed by atoms with Crippen LogP contribution in [0.25, 0.3) is 0 Å². The molecule has 0 aliphatic heterocycles. The van der Waals surface area contributed by atoms with Crippen molar-refractivity contribution in [2.75, 3.05) is 12.4 Å². The Morgan fingerprint density at radius 3 is 2.58 bits per heavy atom. The number of carbonyl (C=O) groups excluding carboxylic acids is 1. The number of hydrogen-bond acceptors (Lipinski definition) is 2. The van der Waals surface area contributed by atoms with Crippen LogP contribution in [0.3, 0.4) is 0 Å². The molecule has 1 aliphatic carbocycles. The zero-order valence-electron chi connectivity index (χ0n) is 11.7. The lowest BCUT2D eigenvalue weighted by molar-refractivity contribution is 0.0654. The van der Waals surface area contributed by atoms with Crippen molar-refractivity contribution in [1.29, 1.82) is 0 Å². The highest BCUT2D eigenvalue weighted by Crippen LogP contribution is 2.27. The van der Waals surface area contributed by atoms with Crippen LogP contribution < -0.4 is 0 Å². The lowest BCUT2D eigenvalue weighted by Crippen LogP contribution is -2.42. The van der Waals surface area contributed by atoms with Gasteiger partial charge in [-0.1, -0.05) is 19.3 Å². The van der Waals surface area contributed by atoms with E-state index in [2.05, 4.69) is 13.8 Å². The Balaban J connectivity index is 2.15. The zero-order chi connectivity index (χ0) is 13.8. The molecular weight excluding hydrogens is 278 g/mol. The number of aryl methyl sites for hydroxylation is 2. The second-order valence-electron chi connectivity index (χ2n) is 5.33. The summed E-state index contributed by atoms with van der Waals surface area (Å²) in [6.45, 7) is 4.80. The van der Waals surface area contributed by atoms with Crippen LogP contribution in [0.2, 0.25) is 0 Å². The fourth-order valence-corrected chi connectivity index (χ4v) is 3.93. The number of carbonyl (C=O) groups is 1. The second kappa shape index (κ2) is 6.76. The molecule has 0 atom stereocenters. The predicted octanol–water partition coefficient (Wildman–Crippen LogP) is 4.38. The molecule has 2 rings (SSSR count). The highest BCUT2D eigenvalue weighted by atomic mass is 35.5. The Hall–Kier alpha value is -0.540. The Morgan fingerprint density at radius 2 is 2.05 bits per heavy atom. The molecule has 0 saturated heterocycles. The van der Waals surface area contributed by atoms with E-state index in [4.69, 9.17) is 11.6 Å². The van der Waals surface area contributed by atoms with Crippen LogP contribution in [0.5, 0.6) is 0 Å². The van der Waals surface area contributed by atoms with Crippen molar-refractivity contribution < 1.29 is 4.79 Å². The number of nitrogens with zero attached hydrogens (tertiary/aromatic N) is 1. The Bertz CT molecular complexity index is 418. The van der Waals surface area contributed by atoms with E-state index < -0.39 is 0 Å². The standard InChI is InChI=1S/C15H22ClNOS/c1-11-10-14(19-12(11)2)15(18)17(9-8-16)13-6-4-3-5-7-13/h10,13H,3-9H2,1-2H3. The molecule has 1 amide bonds. The maximum absolute atomic E-state index is 12.7. The molecule has 1 heterocycles. The molecule has 1 aromatic heterocycles. The summed E-state index contributed by atoms with van der Waals surface area (Å²) in [6, 6.07) is 2.41. The van der Waals surface area contributed by atoms with Crippen molar-refractivity contribution in [3.8, 4) is 0 Å². The molecule has 0 aromatic carbocycles. The van der Waals surface area contributed by atoms with Gasteiger partial charge in [-0.15, -0.1) is 22.9 Å². The molecule has 0 N–H and O–H groups in total. The van der Waals surface area contributed by atoms with Crippen LogP contribution in [0.1, 0.15) is 52.2 Å². The van der Waals surface area contributed by atoms with Gasteiger partial charge in [0, 0.05) is 23.3 Å². The molecule has 106 valence electrons. The Labute approximate surface area is 124 Å². The lowest BCUT2D eigenvalue weighted by atomic mass is 9.94. The predicted molar refractivity (Wildman–Crippen MR) is 82.4 cm³/mol. The molecule has 1 fully saturated rings. The quantitative estimate of drug-likeness (QED) is 0.756. The van der Waals surface area contributed by atoms with Gasteiger partial charge in [0.15, 0.2) is 0 Å². The van der Waals surface area contributed by atoms with Crippen LogP contribution >= 0.6 is 22.9 Å². The summed E-state index contributed by atoms with van der Waals surface area (Å²) in [4.78, 5) is 16.8. The largest absolute Gasteiger partial charge is 0.334 e. The molecule has 0 bridgehead atoms. The fraction of sp³-hybridized carbons (Fsp3) is 0.667. The molecular formula is C15H22ClNOS. The third kappa shape index (κ3) is 3.51. The van der Waals surface area contributed by atoms with Crippen molar-refractivity contribution in [3.63, 3.8) is 0 Å². The second-order valence-corrected chi connectivity index (χ2v) is 6.96. The first-order chi connectivity index (χ1) is 9.13. The minimum absolute atomic E-state index is 0.175. The Morgan fingerprint density at radius 1 is 1.37 bits per heavy atom. The number of rotatable bonds is 4. The van der Waals surface area contributed by atoms with Gasteiger partial charge in [-0.05, 0) is 38.3 Å². The molecule has 0 unspecified atom stereocenters. The average Bonchev–Trinajstić information content (AvgIpc) is 2.76. The van der Waals surface area contributed by atoms with E-state index >= 15 is 0 Å². The van der Waals surface area contributed by atoms with E-state index in [0.29, 0.717) is 18.5 Å². The van der Waals surface area contributed by atoms with Crippen LogP contribution in [0.15, 0.2) is 6.07 Å². The third-order valence-electron chi connectivity index (χ3n) is 3.98. The van der Waals surface area contributed by atoms with Gasteiger partial charge >= 0.3 is 0 Å². The highest BCUT2D eigenvalue weighted by molar-refractivity contribution is 7.14. The lowest BCUT2D eigenvalue weighted by Gasteiger charge is -2.33. The average molecular weight is 300 g/mol. The van der Waals surface area contributed by atoms with Gasteiger partial charge in [-0.2, -0.15) is 0 Å². The van der Waals surface area contributed by atoms with E-state index in [1.165, 1.54) is 29.7 Å². The van der Waals surface area contributed by atoms with Crippen molar-refractivity contribution >= 4 is 28.8 Å². The summed E-state index contributed by atoms with van der Waals surface area (Å²) >= 11 is 7.50. The normalized spacial score (nSPS) is 16.6. The maximum atomic E-state index is 12.7. The van der Waals surface area contributed by atoms with Crippen molar-refractivity contribution in [2.45, 2.75) is 52.0 Å². The minimum Gasteiger partial charge on any atom is -0.334 e. The summed E-state index contributed by atoms with van der Waals surface area (Å²) < 4.78 is 0. The topological polar surface area (TPSA) is 20.3 Å². The SMILES string of the molecule is Cc1cc(C(=O)N(CCCl)C2CCCCC2)sc1C. The molecule has 19 heavy (non-hydrogen) atoms. The first-order valence-corrected chi connectivity index (χ1v) is 8.42. The summed E-state index contributed by atoms with van der Waals surface area (Å²) in [5, 5.41) is 0. The van der Waals surface area contributed by atoms with Gasteiger partial charge in [-0.3, -0.25) is 4.79 Å². The van der Waals surface area contributed by atoms with Crippen molar-refractivity contribution in [1.82, 2.24) is 4.90 Å². The van der Waals surface area contributed by atoms with Gasteiger partial charge in [-0.25, -0.2) is 0 Å².